The molecule has 148 valence electrons. The number of hydrogen-bond acceptors (Lipinski definition) is 3. The van der Waals surface area contributed by atoms with Gasteiger partial charge in [0.1, 0.15) is 0 Å². The van der Waals surface area contributed by atoms with Gasteiger partial charge in [0, 0.05) is 44.0 Å². The summed E-state index contributed by atoms with van der Waals surface area (Å²) in [4.78, 5) is 6.67. The molecule has 0 aliphatic heterocycles. The van der Waals surface area contributed by atoms with E-state index in [0.717, 1.165) is 23.8 Å². The van der Waals surface area contributed by atoms with Crippen molar-refractivity contribution in [1.29, 1.82) is 0 Å². The molecule has 2 N–H and O–H groups in total. The van der Waals surface area contributed by atoms with Gasteiger partial charge in [0.2, 0.25) is 0 Å². The maximum absolute atomic E-state index is 10.4. The molecule has 0 amide bonds. The molecule has 7 heteroatoms. The molecule has 2 aromatic rings. The maximum atomic E-state index is 10.4. The third-order valence-corrected chi connectivity index (χ3v) is 4.51. The van der Waals surface area contributed by atoms with E-state index in [2.05, 4.69) is 40.4 Å². The maximum Gasteiger partial charge on any atom is 0.194 e. The molecule has 1 heterocycles. The van der Waals surface area contributed by atoms with E-state index < -0.39 is 6.10 Å². The van der Waals surface area contributed by atoms with Crippen molar-refractivity contribution in [2.45, 2.75) is 39.3 Å². The van der Waals surface area contributed by atoms with E-state index >= 15 is 0 Å². The Morgan fingerprint density at radius 3 is 2.59 bits per heavy atom. The molecule has 0 bridgehead atoms. The minimum absolute atomic E-state index is 0.276. The minimum atomic E-state index is -0.672. The molecule has 0 radical (unpaired) electrons. The normalized spacial score (nSPS) is 13.1. The van der Waals surface area contributed by atoms with Gasteiger partial charge in [0.05, 0.1) is 18.3 Å². The summed E-state index contributed by atoms with van der Waals surface area (Å²) < 4.78 is 1.85. The number of aliphatic imine (C=N–C) groups is 1. The lowest BCUT2D eigenvalue weighted by Gasteiger charge is -2.23. The molecule has 1 atom stereocenters. The molecule has 0 spiro atoms. The van der Waals surface area contributed by atoms with E-state index in [1.54, 1.807) is 12.1 Å². The van der Waals surface area contributed by atoms with E-state index in [9.17, 15) is 5.11 Å². The first-order chi connectivity index (χ1) is 12.8. The molecule has 0 aliphatic rings. The van der Waals surface area contributed by atoms with Crippen LogP contribution in [0.3, 0.4) is 0 Å². The average molecular weight is 392 g/mol. The molecule has 0 saturated carbocycles. The van der Waals surface area contributed by atoms with Gasteiger partial charge in [0.15, 0.2) is 5.96 Å². The van der Waals surface area contributed by atoms with Gasteiger partial charge in [-0.2, -0.15) is 5.10 Å². The Balaban J connectivity index is 2.10. The molecule has 1 unspecified atom stereocenters. The second-order valence-corrected chi connectivity index (χ2v) is 7.42. The number of guanidine groups is 1. The molecule has 6 nitrogen and oxygen atoms in total. The zero-order valence-electron chi connectivity index (χ0n) is 16.8. The van der Waals surface area contributed by atoms with Gasteiger partial charge in [0.25, 0.3) is 0 Å². The second kappa shape index (κ2) is 9.76. The lowest BCUT2D eigenvalue weighted by molar-refractivity contribution is 0.186. The van der Waals surface area contributed by atoms with Crippen molar-refractivity contribution in [3.8, 4) is 0 Å². The Bertz CT molecular complexity index is 754. The van der Waals surface area contributed by atoms with Crippen molar-refractivity contribution in [3.63, 3.8) is 0 Å². The van der Waals surface area contributed by atoms with Crippen molar-refractivity contribution < 1.29 is 5.11 Å². The molecule has 2 rings (SSSR count). The van der Waals surface area contributed by atoms with E-state index in [1.807, 2.05) is 37.8 Å². The number of benzene rings is 1. The molecular weight excluding hydrogens is 362 g/mol. The number of nitrogens with zero attached hydrogens (tertiary/aromatic N) is 4. The molecule has 27 heavy (non-hydrogen) atoms. The Morgan fingerprint density at radius 1 is 1.33 bits per heavy atom. The number of nitrogens with one attached hydrogen (secondary N) is 1. The summed E-state index contributed by atoms with van der Waals surface area (Å²) in [5, 5.41) is 18.9. The van der Waals surface area contributed by atoms with Crippen LogP contribution in [0.25, 0.3) is 0 Å². The second-order valence-electron chi connectivity index (χ2n) is 6.99. The minimum Gasteiger partial charge on any atom is -0.386 e. The smallest absolute Gasteiger partial charge is 0.194 e. The molecule has 1 aromatic heterocycles. The number of aliphatic hydroxyl groups is 1. The fourth-order valence-electron chi connectivity index (χ4n) is 2.93. The number of aromatic nitrogens is 2. The zero-order valence-corrected chi connectivity index (χ0v) is 17.5. The van der Waals surface area contributed by atoms with Crippen LogP contribution in [0.4, 0.5) is 0 Å². The van der Waals surface area contributed by atoms with Crippen molar-refractivity contribution in [2.24, 2.45) is 12.0 Å². The van der Waals surface area contributed by atoms with E-state index in [0.29, 0.717) is 17.5 Å². The van der Waals surface area contributed by atoms with Gasteiger partial charge in [-0.05, 0) is 30.5 Å². The Kier molecular flexibility index (Phi) is 7.68. The van der Waals surface area contributed by atoms with Crippen LogP contribution >= 0.6 is 11.6 Å². The van der Waals surface area contributed by atoms with Crippen molar-refractivity contribution >= 4 is 17.6 Å². The van der Waals surface area contributed by atoms with Gasteiger partial charge in [-0.15, -0.1) is 0 Å². The summed E-state index contributed by atoms with van der Waals surface area (Å²) in [6.07, 6.45) is 1.38. The van der Waals surface area contributed by atoms with Crippen molar-refractivity contribution in [1.82, 2.24) is 20.0 Å². The van der Waals surface area contributed by atoms with Gasteiger partial charge in [-0.3, -0.25) is 9.67 Å². The summed E-state index contributed by atoms with van der Waals surface area (Å²) in [7, 11) is 3.93. The van der Waals surface area contributed by atoms with Crippen LogP contribution in [0, 0.1) is 0 Å². The molecule has 0 saturated heterocycles. The van der Waals surface area contributed by atoms with E-state index in [4.69, 9.17) is 11.6 Å². The monoisotopic (exact) mass is 391 g/mol. The van der Waals surface area contributed by atoms with Crippen molar-refractivity contribution in [3.05, 3.63) is 52.3 Å². The summed E-state index contributed by atoms with van der Waals surface area (Å²) in [6.45, 7) is 8.05. The first kappa shape index (κ1) is 21.3. The molecular formula is C20H30ClN5O. The summed E-state index contributed by atoms with van der Waals surface area (Å²) in [6, 6.07) is 7.20. The predicted molar refractivity (Wildman–Crippen MR) is 111 cm³/mol. The summed E-state index contributed by atoms with van der Waals surface area (Å²) >= 11 is 5.91. The van der Waals surface area contributed by atoms with Crippen LogP contribution in [0.5, 0.6) is 0 Å². The first-order valence-electron chi connectivity index (χ1n) is 9.27. The first-order valence-corrected chi connectivity index (χ1v) is 9.65. The summed E-state index contributed by atoms with van der Waals surface area (Å²) in [5.74, 6) is 1.12. The third-order valence-electron chi connectivity index (χ3n) is 4.26. The fourth-order valence-corrected chi connectivity index (χ4v) is 3.05. The zero-order chi connectivity index (χ0) is 20.0. The highest BCUT2D eigenvalue weighted by molar-refractivity contribution is 6.30. The van der Waals surface area contributed by atoms with Crippen LogP contribution in [0.1, 0.15) is 49.6 Å². The predicted octanol–water partition coefficient (Wildman–Crippen LogP) is 3.33. The number of aliphatic hydroxyl groups excluding tert-OH is 1. The highest BCUT2D eigenvalue weighted by Crippen LogP contribution is 2.19. The summed E-state index contributed by atoms with van der Waals surface area (Å²) in [5.41, 5.74) is 3.08. The van der Waals surface area contributed by atoms with E-state index in [-0.39, 0.29) is 6.54 Å². The standard InChI is InChI=1S/C20H30ClN5O/c1-6-22-20(23-11-18(27)15-7-9-17(21)10-8-15)25(4)12-16-13-26(5)24-19(16)14(2)3/h7-10,13-14,18,27H,6,11-12H2,1-5H3,(H,22,23). The fraction of sp³-hybridized carbons (Fsp3) is 0.500. The number of hydrogen-bond donors (Lipinski definition) is 2. The van der Waals surface area contributed by atoms with Gasteiger partial charge in [-0.1, -0.05) is 37.6 Å². The number of halogens is 1. The van der Waals surface area contributed by atoms with Crippen LogP contribution in [-0.4, -0.2) is 45.9 Å². The van der Waals surface area contributed by atoms with Gasteiger partial charge in [-0.25, -0.2) is 0 Å². The Labute approximate surface area is 166 Å². The third kappa shape index (κ3) is 5.97. The largest absolute Gasteiger partial charge is 0.386 e. The lowest BCUT2D eigenvalue weighted by Crippen LogP contribution is -2.39. The SMILES string of the molecule is CCNC(=NCC(O)c1ccc(Cl)cc1)N(C)Cc1cn(C)nc1C(C)C. The quantitative estimate of drug-likeness (QED) is 0.561. The number of rotatable bonds is 7. The molecule has 1 aromatic carbocycles. The van der Waals surface area contributed by atoms with Gasteiger partial charge >= 0.3 is 0 Å². The van der Waals surface area contributed by atoms with Crippen LogP contribution in [0.2, 0.25) is 5.02 Å². The lowest BCUT2D eigenvalue weighted by atomic mass is 10.1. The number of aryl methyl sites for hydroxylation is 1. The Morgan fingerprint density at radius 2 is 2.00 bits per heavy atom. The van der Waals surface area contributed by atoms with Crippen molar-refractivity contribution in [2.75, 3.05) is 20.1 Å². The highest BCUT2D eigenvalue weighted by atomic mass is 35.5. The topological polar surface area (TPSA) is 65.7 Å². The Hall–Kier alpha value is -2.05. The van der Waals surface area contributed by atoms with Crippen LogP contribution < -0.4 is 5.32 Å². The molecule has 0 aliphatic carbocycles. The highest BCUT2D eigenvalue weighted by Gasteiger charge is 2.15. The molecule has 0 fully saturated rings. The van der Waals surface area contributed by atoms with E-state index in [1.165, 1.54) is 5.56 Å². The van der Waals surface area contributed by atoms with Crippen LogP contribution in [-0.2, 0) is 13.6 Å². The van der Waals surface area contributed by atoms with Gasteiger partial charge < -0.3 is 15.3 Å². The van der Waals surface area contributed by atoms with Crippen LogP contribution in [0.15, 0.2) is 35.5 Å². The average Bonchev–Trinajstić information content (AvgIpc) is 2.99.